The smallest absolute Gasteiger partial charge is 0.245 e. The molecule has 0 aromatic heterocycles. The average molecular weight is 291 g/mol. The van der Waals surface area contributed by atoms with E-state index in [4.69, 9.17) is 10.5 Å². The molecule has 1 atom stereocenters. The summed E-state index contributed by atoms with van der Waals surface area (Å²) in [6, 6.07) is 7.94. The molecule has 1 aromatic rings. The Labute approximate surface area is 126 Å². The summed E-state index contributed by atoms with van der Waals surface area (Å²) >= 11 is 0. The van der Waals surface area contributed by atoms with Gasteiger partial charge in [0.25, 0.3) is 0 Å². The predicted octanol–water partition coefficient (Wildman–Crippen LogP) is 1.22. The number of ether oxygens (including phenoxy) is 1. The van der Waals surface area contributed by atoms with E-state index in [0.717, 1.165) is 17.8 Å². The van der Waals surface area contributed by atoms with Gasteiger partial charge < -0.3 is 20.3 Å². The van der Waals surface area contributed by atoms with Gasteiger partial charge in [-0.2, -0.15) is 0 Å². The number of carbonyl (C=O) groups is 1. The molecule has 0 spiro atoms. The van der Waals surface area contributed by atoms with E-state index >= 15 is 0 Å². The Morgan fingerprint density at radius 1 is 1.33 bits per heavy atom. The normalized spacial score (nSPS) is 16.6. The minimum atomic E-state index is -0.170. The minimum Gasteiger partial charge on any atom is -0.378 e. The molecule has 1 aliphatic heterocycles. The van der Waals surface area contributed by atoms with Crippen LogP contribution in [0, 0.1) is 0 Å². The van der Waals surface area contributed by atoms with Crippen molar-refractivity contribution < 1.29 is 9.53 Å². The molecule has 0 aliphatic carbocycles. The fourth-order valence-electron chi connectivity index (χ4n) is 2.68. The number of anilines is 1. The second-order valence-corrected chi connectivity index (χ2v) is 5.27. The van der Waals surface area contributed by atoms with Gasteiger partial charge in [0, 0.05) is 31.9 Å². The summed E-state index contributed by atoms with van der Waals surface area (Å²) in [4.78, 5) is 16.6. The van der Waals surface area contributed by atoms with E-state index in [9.17, 15) is 4.79 Å². The van der Waals surface area contributed by atoms with E-state index in [2.05, 4.69) is 11.8 Å². The van der Waals surface area contributed by atoms with E-state index in [1.165, 1.54) is 0 Å². The van der Waals surface area contributed by atoms with Gasteiger partial charge in [-0.3, -0.25) is 4.79 Å². The lowest BCUT2D eigenvalue weighted by atomic mass is 10.1. The first-order chi connectivity index (χ1) is 10.2. The highest BCUT2D eigenvalue weighted by atomic mass is 16.5. The number of hydrogen-bond donors (Lipinski definition) is 1. The Hall–Kier alpha value is -1.59. The first kappa shape index (κ1) is 15.8. The molecule has 0 radical (unpaired) electrons. The van der Waals surface area contributed by atoms with Gasteiger partial charge in [0.1, 0.15) is 6.04 Å². The highest BCUT2D eigenvalue weighted by Crippen LogP contribution is 2.19. The van der Waals surface area contributed by atoms with Crippen LogP contribution in [-0.4, -0.2) is 49.7 Å². The highest BCUT2D eigenvalue weighted by molar-refractivity contribution is 5.85. The topological polar surface area (TPSA) is 58.8 Å². The second kappa shape index (κ2) is 7.43. The molecule has 1 unspecified atom stereocenters. The van der Waals surface area contributed by atoms with Gasteiger partial charge in [-0.1, -0.05) is 12.1 Å². The maximum Gasteiger partial charge on any atom is 0.245 e. The predicted molar refractivity (Wildman–Crippen MR) is 84.2 cm³/mol. The van der Waals surface area contributed by atoms with Crippen LogP contribution in [0.25, 0.3) is 0 Å². The standard InChI is InChI=1S/C16H25N3O2/c1-3-19(15-6-4-14(12-17)5-7-15)13(2)16(20)18-8-10-21-11-9-18/h4-7,13H,3,8-12,17H2,1-2H3. The number of rotatable bonds is 5. The third-order valence-electron chi connectivity index (χ3n) is 3.99. The summed E-state index contributed by atoms with van der Waals surface area (Å²) in [6.07, 6.45) is 0. The number of carbonyl (C=O) groups excluding carboxylic acids is 1. The Balaban J connectivity index is 2.09. The molecule has 1 aliphatic rings. The minimum absolute atomic E-state index is 0.169. The molecule has 2 N–H and O–H groups in total. The maximum atomic E-state index is 12.6. The zero-order valence-corrected chi connectivity index (χ0v) is 12.9. The van der Waals surface area contributed by atoms with Crippen LogP contribution in [0.5, 0.6) is 0 Å². The number of nitrogens with zero attached hydrogens (tertiary/aromatic N) is 2. The average Bonchev–Trinajstić information content (AvgIpc) is 2.56. The molecule has 5 nitrogen and oxygen atoms in total. The molecular formula is C16H25N3O2. The molecule has 116 valence electrons. The van der Waals surface area contributed by atoms with E-state index in [1.807, 2.05) is 36.1 Å². The molecule has 21 heavy (non-hydrogen) atoms. The summed E-state index contributed by atoms with van der Waals surface area (Å²) in [6.45, 7) is 8.01. The van der Waals surface area contributed by atoms with Crippen LogP contribution in [0.1, 0.15) is 19.4 Å². The molecule has 5 heteroatoms. The molecule has 1 fully saturated rings. The van der Waals surface area contributed by atoms with Crippen molar-refractivity contribution in [2.75, 3.05) is 37.7 Å². The van der Waals surface area contributed by atoms with Gasteiger partial charge in [0.15, 0.2) is 0 Å². The van der Waals surface area contributed by atoms with Crippen LogP contribution < -0.4 is 10.6 Å². The van der Waals surface area contributed by atoms with Crippen LogP contribution in [0.4, 0.5) is 5.69 Å². The monoisotopic (exact) mass is 291 g/mol. The third kappa shape index (κ3) is 3.74. The van der Waals surface area contributed by atoms with Crippen LogP contribution >= 0.6 is 0 Å². The quantitative estimate of drug-likeness (QED) is 0.886. The van der Waals surface area contributed by atoms with Crippen molar-refractivity contribution in [2.24, 2.45) is 5.73 Å². The second-order valence-electron chi connectivity index (χ2n) is 5.27. The Morgan fingerprint density at radius 2 is 1.95 bits per heavy atom. The van der Waals surface area contributed by atoms with Crippen LogP contribution in [0.2, 0.25) is 0 Å². The van der Waals surface area contributed by atoms with Crippen LogP contribution in [0.3, 0.4) is 0 Å². The summed E-state index contributed by atoms with van der Waals surface area (Å²) in [7, 11) is 0. The van der Waals surface area contributed by atoms with Crippen molar-refractivity contribution in [1.82, 2.24) is 4.90 Å². The van der Waals surface area contributed by atoms with Crippen molar-refractivity contribution in [3.05, 3.63) is 29.8 Å². The lowest BCUT2D eigenvalue weighted by molar-refractivity contribution is -0.136. The van der Waals surface area contributed by atoms with Crippen LogP contribution in [0.15, 0.2) is 24.3 Å². The summed E-state index contributed by atoms with van der Waals surface area (Å²) < 4.78 is 5.31. The van der Waals surface area contributed by atoms with Crippen molar-refractivity contribution in [1.29, 1.82) is 0 Å². The number of benzene rings is 1. The molecule has 1 amide bonds. The number of amides is 1. The first-order valence-corrected chi connectivity index (χ1v) is 7.59. The summed E-state index contributed by atoms with van der Waals surface area (Å²) in [5, 5.41) is 0. The zero-order valence-electron chi connectivity index (χ0n) is 12.9. The summed E-state index contributed by atoms with van der Waals surface area (Å²) in [5.41, 5.74) is 7.79. The lowest BCUT2D eigenvalue weighted by Crippen LogP contribution is -2.50. The van der Waals surface area contributed by atoms with Gasteiger partial charge in [0.05, 0.1) is 13.2 Å². The number of likely N-dealkylation sites (N-methyl/N-ethyl adjacent to an activating group) is 1. The van der Waals surface area contributed by atoms with Gasteiger partial charge in [0.2, 0.25) is 5.91 Å². The molecule has 0 bridgehead atoms. The largest absolute Gasteiger partial charge is 0.378 e. The van der Waals surface area contributed by atoms with Gasteiger partial charge in [-0.15, -0.1) is 0 Å². The zero-order chi connectivity index (χ0) is 15.2. The molecule has 1 saturated heterocycles. The number of morpholine rings is 1. The maximum absolute atomic E-state index is 12.6. The Morgan fingerprint density at radius 3 is 2.48 bits per heavy atom. The van der Waals surface area contributed by atoms with E-state index in [1.54, 1.807) is 0 Å². The number of nitrogens with two attached hydrogens (primary N) is 1. The highest BCUT2D eigenvalue weighted by Gasteiger charge is 2.26. The SMILES string of the molecule is CCN(c1ccc(CN)cc1)C(C)C(=O)N1CCOCC1. The lowest BCUT2D eigenvalue weighted by Gasteiger charge is -2.35. The van der Waals surface area contributed by atoms with Crippen molar-refractivity contribution in [3.63, 3.8) is 0 Å². The van der Waals surface area contributed by atoms with E-state index < -0.39 is 0 Å². The Kier molecular flexibility index (Phi) is 5.59. The van der Waals surface area contributed by atoms with Gasteiger partial charge >= 0.3 is 0 Å². The molecule has 2 rings (SSSR count). The van der Waals surface area contributed by atoms with Crippen LogP contribution in [-0.2, 0) is 16.1 Å². The van der Waals surface area contributed by atoms with E-state index in [-0.39, 0.29) is 11.9 Å². The molecular weight excluding hydrogens is 266 g/mol. The molecule has 1 heterocycles. The fraction of sp³-hybridized carbons (Fsp3) is 0.562. The molecule has 0 saturated carbocycles. The Bertz CT molecular complexity index is 455. The van der Waals surface area contributed by atoms with E-state index in [0.29, 0.717) is 32.8 Å². The van der Waals surface area contributed by atoms with Gasteiger partial charge in [-0.25, -0.2) is 0 Å². The third-order valence-corrected chi connectivity index (χ3v) is 3.99. The number of hydrogen-bond acceptors (Lipinski definition) is 4. The van der Waals surface area contributed by atoms with Gasteiger partial charge in [-0.05, 0) is 31.5 Å². The van der Waals surface area contributed by atoms with Crippen molar-refractivity contribution in [3.8, 4) is 0 Å². The first-order valence-electron chi connectivity index (χ1n) is 7.59. The summed E-state index contributed by atoms with van der Waals surface area (Å²) in [5.74, 6) is 0.169. The van der Waals surface area contributed by atoms with Crippen molar-refractivity contribution in [2.45, 2.75) is 26.4 Å². The van der Waals surface area contributed by atoms with Crippen molar-refractivity contribution >= 4 is 11.6 Å². The molecule has 1 aromatic carbocycles. The fourth-order valence-corrected chi connectivity index (χ4v) is 2.68.